The Bertz CT molecular complexity index is 341. The van der Waals surface area contributed by atoms with Gasteiger partial charge in [-0.1, -0.05) is 11.6 Å². The molecule has 0 aliphatic carbocycles. The Morgan fingerprint density at radius 3 is 2.73 bits per heavy atom. The Morgan fingerprint density at radius 2 is 2.27 bits per heavy atom. The third-order valence-electron chi connectivity index (χ3n) is 1.02. The van der Waals surface area contributed by atoms with E-state index in [1.165, 1.54) is 0 Å². The average molecular weight is 175 g/mol. The van der Waals surface area contributed by atoms with E-state index in [1.54, 1.807) is 0 Å². The number of carboxylic acids is 1. The largest absolute Gasteiger partial charge is 0.478 e. The highest BCUT2D eigenvalue weighted by Gasteiger charge is 2.06. The Morgan fingerprint density at radius 1 is 1.64 bits per heavy atom. The first-order valence-electron chi connectivity index (χ1n) is 2.63. The Hall–Kier alpha value is -1.29. The van der Waals surface area contributed by atoms with Gasteiger partial charge in [0.05, 0.1) is 5.56 Å². The second kappa shape index (κ2) is 2.75. The van der Waals surface area contributed by atoms with Crippen molar-refractivity contribution in [3.8, 4) is 0 Å². The smallest absolute Gasteiger partial charge is 0.354 e. The van der Waals surface area contributed by atoms with Crippen molar-refractivity contribution in [2.45, 2.75) is 0 Å². The van der Waals surface area contributed by atoms with Crippen LogP contribution < -0.4 is 5.63 Å². The van der Waals surface area contributed by atoms with Gasteiger partial charge in [-0.15, -0.1) is 0 Å². The molecule has 1 aromatic rings. The van der Waals surface area contributed by atoms with E-state index in [9.17, 15) is 9.59 Å². The van der Waals surface area contributed by atoms with E-state index in [0.29, 0.717) is 0 Å². The predicted octanol–water partition coefficient (Wildman–Crippen LogP) is 0.991. The van der Waals surface area contributed by atoms with E-state index in [1.807, 2.05) is 0 Å². The molecular formula is C6H3ClO4. The molecule has 0 spiro atoms. The number of hydrogen-bond donors (Lipinski definition) is 1. The summed E-state index contributed by atoms with van der Waals surface area (Å²) >= 11 is 5.29. The fraction of sp³-hybridized carbons (Fsp3) is 0. The third-order valence-corrected chi connectivity index (χ3v) is 1.28. The van der Waals surface area contributed by atoms with Gasteiger partial charge in [-0.05, 0) is 6.07 Å². The number of rotatable bonds is 1. The van der Waals surface area contributed by atoms with Crippen LogP contribution in [0.4, 0.5) is 0 Å². The fourth-order valence-electron chi connectivity index (χ4n) is 0.515. The first kappa shape index (κ1) is 7.81. The van der Waals surface area contributed by atoms with Crippen LogP contribution in [0.3, 0.4) is 0 Å². The molecule has 5 heteroatoms. The number of carbonyl (C=O) groups is 1. The highest BCUT2D eigenvalue weighted by Crippen LogP contribution is 2.04. The summed E-state index contributed by atoms with van der Waals surface area (Å²) in [4.78, 5) is 20.7. The summed E-state index contributed by atoms with van der Waals surface area (Å²) < 4.78 is 4.28. The normalized spacial score (nSPS) is 9.55. The molecule has 0 amide bonds. The molecule has 1 heterocycles. The second-order valence-corrected chi connectivity index (χ2v) is 2.18. The molecule has 0 bridgehead atoms. The van der Waals surface area contributed by atoms with Crippen molar-refractivity contribution in [2.24, 2.45) is 0 Å². The van der Waals surface area contributed by atoms with E-state index in [0.717, 1.165) is 12.3 Å². The van der Waals surface area contributed by atoms with Crippen LogP contribution in [0.2, 0.25) is 5.02 Å². The molecule has 0 atom stereocenters. The van der Waals surface area contributed by atoms with Crippen molar-refractivity contribution in [2.75, 3.05) is 0 Å². The maximum Gasteiger partial charge on any atom is 0.354 e. The Balaban J connectivity index is 3.26. The molecule has 1 aromatic heterocycles. The number of carboxylic acid groups (broad SMARTS) is 1. The minimum Gasteiger partial charge on any atom is -0.478 e. The van der Waals surface area contributed by atoms with Crippen molar-refractivity contribution in [3.05, 3.63) is 33.3 Å². The van der Waals surface area contributed by atoms with E-state index in [-0.39, 0.29) is 10.6 Å². The first-order valence-corrected chi connectivity index (χ1v) is 3.00. The number of halogens is 1. The highest BCUT2D eigenvalue weighted by atomic mass is 35.5. The van der Waals surface area contributed by atoms with Gasteiger partial charge in [-0.3, -0.25) is 0 Å². The van der Waals surface area contributed by atoms with E-state index < -0.39 is 11.6 Å². The van der Waals surface area contributed by atoms with Crippen LogP contribution in [0.15, 0.2) is 21.5 Å². The molecule has 0 radical (unpaired) electrons. The molecule has 0 saturated heterocycles. The van der Waals surface area contributed by atoms with E-state index in [2.05, 4.69) is 4.42 Å². The van der Waals surface area contributed by atoms with Crippen LogP contribution in [-0.4, -0.2) is 11.1 Å². The van der Waals surface area contributed by atoms with Gasteiger partial charge in [0.25, 0.3) is 0 Å². The lowest BCUT2D eigenvalue weighted by atomic mass is 10.3. The van der Waals surface area contributed by atoms with Crippen LogP contribution >= 0.6 is 11.6 Å². The number of hydrogen-bond acceptors (Lipinski definition) is 3. The lowest BCUT2D eigenvalue weighted by Gasteiger charge is -1.90. The molecule has 1 N–H and O–H groups in total. The van der Waals surface area contributed by atoms with Gasteiger partial charge in [0, 0.05) is 0 Å². The first-order chi connectivity index (χ1) is 5.11. The average Bonchev–Trinajstić information content (AvgIpc) is 1.94. The zero-order valence-corrected chi connectivity index (χ0v) is 5.96. The van der Waals surface area contributed by atoms with Crippen LogP contribution in [0, 0.1) is 0 Å². The molecular weight excluding hydrogens is 172 g/mol. The van der Waals surface area contributed by atoms with Gasteiger partial charge in [-0.25, -0.2) is 9.59 Å². The number of aromatic carboxylic acids is 1. The summed E-state index contributed by atoms with van der Waals surface area (Å²) in [5.41, 5.74) is -0.883. The monoisotopic (exact) mass is 174 g/mol. The quantitative estimate of drug-likeness (QED) is 0.690. The lowest BCUT2D eigenvalue weighted by Crippen LogP contribution is -2.03. The Labute approximate surface area is 66.0 Å². The van der Waals surface area contributed by atoms with Crippen LogP contribution in [0.1, 0.15) is 10.4 Å². The Kier molecular flexibility index (Phi) is 1.96. The molecule has 4 nitrogen and oxygen atoms in total. The van der Waals surface area contributed by atoms with Crippen LogP contribution in [0.25, 0.3) is 0 Å². The van der Waals surface area contributed by atoms with Gasteiger partial charge in [0.2, 0.25) is 0 Å². The predicted molar refractivity (Wildman–Crippen MR) is 36.9 cm³/mol. The minimum atomic E-state index is -1.18. The standard InChI is InChI=1S/C6H3ClO4/c7-4-1-3(5(8)9)2-11-6(4)10/h1-2H,(H,8,9). The van der Waals surface area contributed by atoms with Gasteiger partial charge in [-0.2, -0.15) is 0 Å². The van der Waals surface area contributed by atoms with Gasteiger partial charge < -0.3 is 9.52 Å². The molecule has 58 valence electrons. The third kappa shape index (κ3) is 1.59. The zero-order valence-electron chi connectivity index (χ0n) is 5.20. The van der Waals surface area contributed by atoms with Crippen LogP contribution in [-0.2, 0) is 0 Å². The maximum absolute atomic E-state index is 10.5. The van der Waals surface area contributed by atoms with Gasteiger partial charge in [0.15, 0.2) is 0 Å². The zero-order chi connectivity index (χ0) is 8.43. The van der Waals surface area contributed by atoms with Gasteiger partial charge in [0.1, 0.15) is 11.3 Å². The van der Waals surface area contributed by atoms with Crippen LogP contribution in [0.5, 0.6) is 0 Å². The van der Waals surface area contributed by atoms with E-state index in [4.69, 9.17) is 16.7 Å². The molecule has 0 unspecified atom stereocenters. The lowest BCUT2D eigenvalue weighted by molar-refractivity contribution is 0.0694. The minimum absolute atomic E-state index is 0.144. The topological polar surface area (TPSA) is 67.5 Å². The molecule has 0 aliphatic rings. The molecule has 0 saturated carbocycles. The fourth-order valence-corrected chi connectivity index (χ4v) is 0.677. The van der Waals surface area contributed by atoms with Crippen molar-refractivity contribution in [1.29, 1.82) is 0 Å². The summed E-state index contributed by atoms with van der Waals surface area (Å²) in [6.07, 6.45) is 0.844. The van der Waals surface area contributed by atoms with Crippen molar-refractivity contribution >= 4 is 17.6 Å². The summed E-state index contributed by atoms with van der Waals surface area (Å²) in [7, 11) is 0. The molecule has 11 heavy (non-hydrogen) atoms. The molecule has 0 aliphatic heterocycles. The SMILES string of the molecule is O=C(O)c1coc(=O)c(Cl)c1. The van der Waals surface area contributed by atoms with Crippen molar-refractivity contribution < 1.29 is 14.3 Å². The summed E-state index contributed by atoms with van der Waals surface area (Å²) in [5, 5.41) is 8.15. The van der Waals surface area contributed by atoms with Gasteiger partial charge >= 0.3 is 11.6 Å². The van der Waals surface area contributed by atoms with E-state index >= 15 is 0 Å². The second-order valence-electron chi connectivity index (χ2n) is 1.78. The molecule has 0 fully saturated rings. The summed E-state index contributed by atoms with van der Waals surface area (Å²) in [6, 6.07) is 1.04. The summed E-state index contributed by atoms with van der Waals surface area (Å²) in [5.74, 6) is -1.18. The van der Waals surface area contributed by atoms with Crippen molar-refractivity contribution in [3.63, 3.8) is 0 Å². The van der Waals surface area contributed by atoms with Crippen molar-refractivity contribution in [1.82, 2.24) is 0 Å². The maximum atomic E-state index is 10.5. The summed E-state index contributed by atoms with van der Waals surface area (Å²) in [6.45, 7) is 0. The molecule has 1 rings (SSSR count). The highest BCUT2D eigenvalue weighted by molar-refractivity contribution is 6.30. The molecule has 0 aromatic carbocycles.